The number of hydrogen-bond acceptors (Lipinski definition) is 4. The number of hydrogen-bond donors (Lipinski definition) is 1. The second-order valence-corrected chi connectivity index (χ2v) is 6.22. The number of nitrogens with zero attached hydrogens (tertiary/aromatic N) is 3. The highest BCUT2D eigenvalue weighted by molar-refractivity contribution is 5.47. The van der Waals surface area contributed by atoms with Gasteiger partial charge in [-0.15, -0.1) is 0 Å². The van der Waals surface area contributed by atoms with E-state index < -0.39 is 0 Å². The Balaban J connectivity index is 1.52. The molecule has 1 aliphatic heterocycles. The van der Waals surface area contributed by atoms with Crippen molar-refractivity contribution in [1.29, 1.82) is 0 Å². The summed E-state index contributed by atoms with van der Waals surface area (Å²) in [5, 5.41) is 0. The van der Waals surface area contributed by atoms with Gasteiger partial charge in [0.05, 0.1) is 12.0 Å². The van der Waals surface area contributed by atoms with Crippen molar-refractivity contribution in [2.75, 3.05) is 6.54 Å². The van der Waals surface area contributed by atoms with Crippen LogP contribution in [0.2, 0.25) is 0 Å². The predicted molar refractivity (Wildman–Crippen MR) is 87.8 cm³/mol. The lowest BCUT2D eigenvalue weighted by Gasteiger charge is -2.27. The van der Waals surface area contributed by atoms with Crippen LogP contribution in [-0.2, 0) is 19.5 Å². The summed E-state index contributed by atoms with van der Waals surface area (Å²) in [4.78, 5) is 15.0. The lowest BCUT2D eigenvalue weighted by Crippen LogP contribution is -2.31. The van der Waals surface area contributed by atoms with Gasteiger partial charge in [0.1, 0.15) is 0 Å². The zero-order valence-electron chi connectivity index (χ0n) is 13.5. The molecule has 5 nitrogen and oxygen atoms in total. The molecule has 23 heavy (non-hydrogen) atoms. The van der Waals surface area contributed by atoms with Crippen molar-refractivity contribution in [1.82, 2.24) is 19.9 Å². The highest BCUT2D eigenvalue weighted by Gasteiger charge is 2.20. The molecule has 0 saturated heterocycles. The summed E-state index contributed by atoms with van der Waals surface area (Å²) in [7, 11) is 0. The molecule has 0 unspecified atom stereocenters. The van der Waals surface area contributed by atoms with Gasteiger partial charge in [-0.2, -0.15) is 0 Å². The SMILES string of the molecule is Cc1cc(C)c(CN2CCc3nc(-c4ccco4)ncc3C2)[nH]1. The van der Waals surface area contributed by atoms with Gasteiger partial charge in [-0.3, -0.25) is 4.90 Å². The normalized spacial score (nSPS) is 14.9. The number of nitrogens with one attached hydrogen (secondary N) is 1. The van der Waals surface area contributed by atoms with Gasteiger partial charge < -0.3 is 9.40 Å². The molecule has 4 heterocycles. The highest BCUT2D eigenvalue weighted by atomic mass is 16.3. The van der Waals surface area contributed by atoms with Gasteiger partial charge in [0.2, 0.25) is 0 Å². The Morgan fingerprint density at radius 2 is 2.26 bits per heavy atom. The molecule has 0 atom stereocenters. The molecular formula is C18H20N4O. The molecule has 0 spiro atoms. The van der Waals surface area contributed by atoms with Crippen molar-refractivity contribution >= 4 is 0 Å². The number of aryl methyl sites for hydroxylation is 2. The second kappa shape index (κ2) is 5.66. The molecule has 0 radical (unpaired) electrons. The van der Waals surface area contributed by atoms with Crippen molar-refractivity contribution in [3.63, 3.8) is 0 Å². The first kappa shape index (κ1) is 14.2. The maximum Gasteiger partial charge on any atom is 0.195 e. The van der Waals surface area contributed by atoms with Crippen LogP contribution in [0.4, 0.5) is 0 Å². The van der Waals surface area contributed by atoms with Crippen LogP contribution in [0.25, 0.3) is 11.6 Å². The maximum absolute atomic E-state index is 5.39. The van der Waals surface area contributed by atoms with E-state index in [0.29, 0.717) is 5.82 Å². The van der Waals surface area contributed by atoms with Gasteiger partial charge in [0.25, 0.3) is 0 Å². The third-order valence-electron chi connectivity index (χ3n) is 4.39. The lowest BCUT2D eigenvalue weighted by molar-refractivity contribution is 0.240. The largest absolute Gasteiger partial charge is 0.461 e. The first-order chi connectivity index (χ1) is 11.2. The Morgan fingerprint density at radius 1 is 1.35 bits per heavy atom. The van der Waals surface area contributed by atoms with Crippen LogP contribution >= 0.6 is 0 Å². The third kappa shape index (κ3) is 2.80. The van der Waals surface area contributed by atoms with E-state index in [1.807, 2.05) is 18.3 Å². The summed E-state index contributed by atoms with van der Waals surface area (Å²) in [5.41, 5.74) is 6.22. The minimum absolute atomic E-state index is 0.679. The van der Waals surface area contributed by atoms with E-state index >= 15 is 0 Å². The Kier molecular flexibility index (Phi) is 3.50. The molecule has 0 aromatic carbocycles. The van der Waals surface area contributed by atoms with Crippen LogP contribution in [0.5, 0.6) is 0 Å². The van der Waals surface area contributed by atoms with Crippen LogP contribution < -0.4 is 0 Å². The number of rotatable bonds is 3. The van der Waals surface area contributed by atoms with E-state index in [1.165, 1.54) is 22.5 Å². The van der Waals surface area contributed by atoms with Gasteiger partial charge in [0, 0.05) is 49.2 Å². The standard InChI is InChI=1S/C18H20N4O/c1-12-8-13(2)20-16(12)11-22-6-5-15-14(10-22)9-19-18(21-15)17-4-3-7-23-17/h3-4,7-9,20H,5-6,10-11H2,1-2H3. The molecule has 3 aromatic heterocycles. The van der Waals surface area contributed by atoms with E-state index in [-0.39, 0.29) is 0 Å². The average Bonchev–Trinajstić information content (AvgIpc) is 3.17. The first-order valence-corrected chi connectivity index (χ1v) is 7.95. The molecule has 0 bridgehead atoms. The number of aromatic nitrogens is 3. The summed E-state index contributed by atoms with van der Waals surface area (Å²) >= 11 is 0. The fourth-order valence-electron chi connectivity index (χ4n) is 3.21. The summed E-state index contributed by atoms with van der Waals surface area (Å²) < 4.78 is 5.39. The number of aromatic amines is 1. The fraction of sp³-hybridized carbons (Fsp3) is 0.333. The Hall–Kier alpha value is -2.40. The van der Waals surface area contributed by atoms with Gasteiger partial charge >= 0.3 is 0 Å². The Morgan fingerprint density at radius 3 is 3.00 bits per heavy atom. The monoisotopic (exact) mass is 308 g/mol. The number of fused-ring (bicyclic) bond motifs is 1. The minimum Gasteiger partial charge on any atom is -0.461 e. The molecule has 1 N–H and O–H groups in total. The summed E-state index contributed by atoms with van der Waals surface area (Å²) in [6, 6.07) is 5.96. The van der Waals surface area contributed by atoms with Crippen LogP contribution in [0.15, 0.2) is 35.1 Å². The summed E-state index contributed by atoms with van der Waals surface area (Å²) in [6.07, 6.45) is 4.55. The van der Waals surface area contributed by atoms with Crippen molar-refractivity contribution in [3.05, 3.63) is 58.9 Å². The van der Waals surface area contributed by atoms with E-state index in [4.69, 9.17) is 4.42 Å². The quantitative estimate of drug-likeness (QED) is 0.807. The van der Waals surface area contributed by atoms with Crippen LogP contribution in [0.3, 0.4) is 0 Å². The van der Waals surface area contributed by atoms with Crippen LogP contribution in [0.1, 0.15) is 28.2 Å². The maximum atomic E-state index is 5.39. The third-order valence-corrected chi connectivity index (χ3v) is 4.39. The van der Waals surface area contributed by atoms with E-state index in [2.05, 4.69) is 39.8 Å². The molecule has 4 rings (SSSR count). The van der Waals surface area contributed by atoms with Crippen molar-refractivity contribution in [3.8, 4) is 11.6 Å². The van der Waals surface area contributed by atoms with Crippen LogP contribution in [0, 0.1) is 13.8 Å². The second-order valence-electron chi connectivity index (χ2n) is 6.22. The van der Waals surface area contributed by atoms with Gasteiger partial charge in [-0.05, 0) is 37.6 Å². The van der Waals surface area contributed by atoms with E-state index in [1.54, 1.807) is 6.26 Å². The Labute approximate surface area is 135 Å². The van der Waals surface area contributed by atoms with Crippen molar-refractivity contribution < 1.29 is 4.42 Å². The Bertz CT molecular complexity index is 820. The van der Waals surface area contributed by atoms with Crippen molar-refractivity contribution in [2.45, 2.75) is 33.4 Å². The predicted octanol–water partition coefficient (Wildman–Crippen LogP) is 3.24. The lowest BCUT2D eigenvalue weighted by atomic mass is 10.1. The summed E-state index contributed by atoms with van der Waals surface area (Å²) in [6.45, 7) is 7.12. The number of H-pyrrole nitrogens is 1. The number of furan rings is 1. The fourth-order valence-corrected chi connectivity index (χ4v) is 3.21. The smallest absolute Gasteiger partial charge is 0.195 e. The molecule has 118 valence electrons. The molecule has 0 amide bonds. The van der Waals surface area contributed by atoms with E-state index in [9.17, 15) is 0 Å². The molecule has 3 aromatic rings. The minimum atomic E-state index is 0.679. The zero-order chi connectivity index (χ0) is 15.8. The first-order valence-electron chi connectivity index (χ1n) is 7.95. The highest BCUT2D eigenvalue weighted by Crippen LogP contribution is 2.23. The molecule has 5 heteroatoms. The van der Waals surface area contributed by atoms with Gasteiger partial charge in [-0.1, -0.05) is 0 Å². The summed E-state index contributed by atoms with van der Waals surface area (Å²) in [5.74, 6) is 1.41. The van der Waals surface area contributed by atoms with Gasteiger partial charge in [0.15, 0.2) is 11.6 Å². The topological polar surface area (TPSA) is 58.0 Å². The molecule has 1 aliphatic rings. The van der Waals surface area contributed by atoms with Gasteiger partial charge in [-0.25, -0.2) is 9.97 Å². The van der Waals surface area contributed by atoms with E-state index in [0.717, 1.165) is 37.5 Å². The average molecular weight is 308 g/mol. The van der Waals surface area contributed by atoms with Crippen LogP contribution in [-0.4, -0.2) is 26.4 Å². The zero-order valence-corrected chi connectivity index (χ0v) is 13.5. The van der Waals surface area contributed by atoms with Crippen molar-refractivity contribution in [2.24, 2.45) is 0 Å². The molecule has 0 saturated carbocycles. The molecule has 0 fully saturated rings. The molecular weight excluding hydrogens is 288 g/mol. The molecule has 0 aliphatic carbocycles.